The van der Waals surface area contributed by atoms with E-state index in [1.54, 1.807) is 6.07 Å². The minimum Gasteiger partial charge on any atom is -0.481 e. The molecule has 1 rings (SSSR count). The second kappa shape index (κ2) is 18.1. The molecule has 0 radical (unpaired) electrons. The summed E-state index contributed by atoms with van der Waals surface area (Å²) in [5.74, 6) is 0.342. The molecule has 30 heavy (non-hydrogen) atoms. The van der Waals surface area contributed by atoms with Crippen molar-refractivity contribution in [2.75, 3.05) is 19.4 Å². The summed E-state index contributed by atoms with van der Waals surface area (Å²) in [5.41, 5.74) is 6.01. The Labute approximate surface area is 183 Å². The molecule has 0 saturated heterocycles. The molecule has 3 N–H and O–H groups in total. The molecule has 0 fully saturated rings. The molecule has 1 aromatic rings. The standard InChI is InChI=1S/C24H46N4O2/c1-3-4-5-6-7-8-9-10-11-12-13-14-15-16-17-18-19-20-26-22-21-23(30-2)27-24(25)28(22)29/h21,29H,3-20H2,1-2H3,(H2,25,27). The van der Waals surface area contributed by atoms with Gasteiger partial charge in [0.05, 0.1) is 7.11 Å². The molecule has 6 heteroatoms. The Morgan fingerprint density at radius 1 is 0.833 bits per heavy atom. The van der Waals surface area contributed by atoms with Crippen LogP contribution in [0.15, 0.2) is 11.1 Å². The van der Waals surface area contributed by atoms with E-state index < -0.39 is 0 Å². The van der Waals surface area contributed by atoms with Crippen LogP contribution in [0.4, 0.5) is 5.95 Å². The van der Waals surface area contributed by atoms with Gasteiger partial charge in [-0.15, -0.1) is 4.73 Å². The lowest BCUT2D eigenvalue weighted by molar-refractivity contribution is 0.173. The van der Waals surface area contributed by atoms with Crippen LogP contribution in [0.5, 0.6) is 5.88 Å². The maximum atomic E-state index is 9.84. The molecule has 0 aliphatic heterocycles. The van der Waals surface area contributed by atoms with Crippen molar-refractivity contribution in [3.8, 4) is 5.88 Å². The Balaban J connectivity index is 1.91. The van der Waals surface area contributed by atoms with Gasteiger partial charge >= 0.3 is 0 Å². The summed E-state index contributed by atoms with van der Waals surface area (Å²) in [6.45, 7) is 2.95. The van der Waals surface area contributed by atoms with Crippen molar-refractivity contribution >= 4 is 5.95 Å². The van der Waals surface area contributed by atoms with E-state index in [2.05, 4.69) is 16.9 Å². The van der Waals surface area contributed by atoms with Gasteiger partial charge in [0.2, 0.25) is 11.8 Å². The first-order valence-electron chi connectivity index (χ1n) is 12.3. The summed E-state index contributed by atoms with van der Waals surface area (Å²) in [7, 11) is 1.52. The van der Waals surface area contributed by atoms with E-state index in [4.69, 9.17) is 10.5 Å². The molecule has 174 valence electrons. The van der Waals surface area contributed by atoms with Gasteiger partial charge in [0, 0.05) is 12.6 Å². The Kier molecular flexibility index (Phi) is 15.9. The van der Waals surface area contributed by atoms with Crippen LogP contribution in [-0.4, -0.2) is 28.6 Å². The number of aromatic nitrogens is 2. The zero-order valence-corrected chi connectivity index (χ0v) is 19.6. The van der Waals surface area contributed by atoms with E-state index in [0.29, 0.717) is 17.9 Å². The minimum atomic E-state index is -0.0180. The first-order valence-corrected chi connectivity index (χ1v) is 12.3. The molecular weight excluding hydrogens is 376 g/mol. The zero-order valence-electron chi connectivity index (χ0n) is 19.6. The predicted molar refractivity (Wildman–Crippen MR) is 125 cm³/mol. The van der Waals surface area contributed by atoms with Gasteiger partial charge in [-0.2, -0.15) is 4.98 Å². The smallest absolute Gasteiger partial charge is 0.239 e. The van der Waals surface area contributed by atoms with Gasteiger partial charge in [0.25, 0.3) is 0 Å². The van der Waals surface area contributed by atoms with E-state index in [0.717, 1.165) is 11.2 Å². The van der Waals surface area contributed by atoms with Crippen LogP contribution in [0.3, 0.4) is 0 Å². The topological polar surface area (TPSA) is 85.7 Å². The molecule has 0 bridgehead atoms. The maximum Gasteiger partial charge on any atom is 0.239 e. The van der Waals surface area contributed by atoms with E-state index in [-0.39, 0.29) is 5.95 Å². The SMILES string of the molecule is CCCCCCCCCCCCCCCCCCCN=c1cc(OC)nc(N)n1O. The normalized spacial score (nSPS) is 11.9. The third kappa shape index (κ3) is 12.8. The number of nitrogens with zero attached hydrogens (tertiary/aromatic N) is 3. The summed E-state index contributed by atoms with van der Waals surface area (Å²) in [4.78, 5) is 8.29. The highest BCUT2D eigenvalue weighted by atomic mass is 16.5. The highest BCUT2D eigenvalue weighted by Crippen LogP contribution is 2.14. The van der Waals surface area contributed by atoms with Crippen LogP contribution in [0.25, 0.3) is 0 Å². The predicted octanol–water partition coefficient (Wildman–Crippen LogP) is 6.26. The first kappa shape index (κ1) is 26.3. The van der Waals surface area contributed by atoms with Crippen molar-refractivity contribution in [3.05, 3.63) is 11.6 Å². The van der Waals surface area contributed by atoms with Crippen molar-refractivity contribution in [3.63, 3.8) is 0 Å². The molecule has 0 spiro atoms. The Morgan fingerprint density at radius 3 is 1.70 bits per heavy atom. The largest absolute Gasteiger partial charge is 0.481 e. The van der Waals surface area contributed by atoms with E-state index in [9.17, 15) is 5.21 Å². The number of unbranched alkanes of at least 4 members (excludes halogenated alkanes) is 16. The quantitative estimate of drug-likeness (QED) is 0.203. The third-order valence-electron chi connectivity index (χ3n) is 5.66. The molecule has 0 amide bonds. The molecule has 0 saturated carbocycles. The summed E-state index contributed by atoms with van der Waals surface area (Å²) < 4.78 is 5.86. The number of hydrogen-bond donors (Lipinski definition) is 2. The van der Waals surface area contributed by atoms with Crippen LogP contribution in [-0.2, 0) is 0 Å². The lowest BCUT2D eigenvalue weighted by Crippen LogP contribution is -2.23. The monoisotopic (exact) mass is 422 g/mol. The summed E-state index contributed by atoms with van der Waals surface area (Å²) in [6, 6.07) is 1.59. The second-order valence-electron chi connectivity index (χ2n) is 8.37. The lowest BCUT2D eigenvalue weighted by atomic mass is 10.0. The van der Waals surface area contributed by atoms with Crippen molar-refractivity contribution in [2.24, 2.45) is 4.99 Å². The number of anilines is 1. The molecular formula is C24H46N4O2. The van der Waals surface area contributed by atoms with Crippen molar-refractivity contribution in [2.45, 2.75) is 116 Å². The highest BCUT2D eigenvalue weighted by molar-refractivity contribution is 5.21. The number of ether oxygens (including phenoxy) is 1. The number of hydrogen-bond acceptors (Lipinski definition) is 5. The molecule has 0 aliphatic carbocycles. The van der Waals surface area contributed by atoms with Crippen molar-refractivity contribution in [1.82, 2.24) is 9.71 Å². The Hall–Kier alpha value is -1.72. The fraction of sp³-hybridized carbons (Fsp3) is 0.833. The van der Waals surface area contributed by atoms with Crippen LogP contribution in [0.2, 0.25) is 0 Å². The average molecular weight is 423 g/mol. The highest BCUT2D eigenvalue weighted by Gasteiger charge is 2.02. The van der Waals surface area contributed by atoms with Crippen LogP contribution in [0, 0.1) is 0 Å². The maximum absolute atomic E-state index is 9.84. The molecule has 0 aliphatic rings. The minimum absolute atomic E-state index is 0.0180. The van der Waals surface area contributed by atoms with Crippen molar-refractivity contribution < 1.29 is 9.94 Å². The lowest BCUT2D eigenvalue weighted by Gasteiger charge is -2.05. The van der Waals surface area contributed by atoms with Gasteiger partial charge in [-0.3, -0.25) is 4.99 Å². The van der Waals surface area contributed by atoms with Crippen LogP contribution in [0.1, 0.15) is 116 Å². The number of nitrogen functional groups attached to an aromatic ring is 1. The van der Waals surface area contributed by atoms with Gasteiger partial charge < -0.3 is 15.7 Å². The van der Waals surface area contributed by atoms with Crippen LogP contribution >= 0.6 is 0 Å². The second-order valence-corrected chi connectivity index (χ2v) is 8.37. The molecule has 0 unspecified atom stereocenters. The summed E-state index contributed by atoms with van der Waals surface area (Å²) in [5, 5.41) is 9.84. The Bertz CT molecular complexity index is 601. The number of methoxy groups -OCH3 is 1. The van der Waals surface area contributed by atoms with Gasteiger partial charge in [-0.05, 0) is 6.42 Å². The van der Waals surface area contributed by atoms with E-state index >= 15 is 0 Å². The third-order valence-corrected chi connectivity index (χ3v) is 5.66. The fourth-order valence-electron chi connectivity index (χ4n) is 3.73. The van der Waals surface area contributed by atoms with Gasteiger partial charge in [-0.1, -0.05) is 110 Å². The molecule has 0 aromatic carbocycles. The molecule has 1 heterocycles. The molecule has 6 nitrogen and oxygen atoms in total. The van der Waals surface area contributed by atoms with Crippen LogP contribution < -0.4 is 16.0 Å². The average Bonchev–Trinajstić information content (AvgIpc) is 2.75. The summed E-state index contributed by atoms with van der Waals surface area (Å²) in [6.07, 6.45) is 23.1. The van der Waals surface area contributed by atoms with Crippen molar-refractivity contribution in [1.29, 1.82) is 0 Å². The van der Waals surface area contributed by atoms with Gasteiger partial charge in [0.1, 0.15) is 0 Å². The van der Waals surface area contributed by atoms with E-state index in [1.165, 1.54) is 110 Å². The van der Waals surface area contributed by atoms with Gasteiger partial charge in [0.15, 0.2) is 5.49 Å². The fourth-order valence-corrected chi connectivity index (χ4v) is 3.73. The van der Waals surface area contributed by atoms with E-state index in [1.807, 2.05) is 0 Å². The number of rotatable bonds is 19. The first-order chi connectivity index (χ1) is 14.7. The zero-order chi connectivity index (χ0) is 21.9. The molecule has 0 atom stereocenters. The Morgan fingerprint density at radius 2 is 1.27 bits per heavy atom. The molecule has 1 aromatic heterocycles. The van der Waals surface area contributed by atoms with Gasteiger partial charge in [-0.25, -0.2) is 0 Å². The number of nitrogens with two attached hydrogens (primary N) is 1. The summed E-state index contributed by atoms with van der Waals surface area (Å²) >= 11 is 0.